The van der Waals surface area contributed by atoms with Gasteiger partial charge in [-0.3, -0.25) is 9.78 Å². The molecule has 2 heterocycles. The fourth-order valence-electron chi connectivity index (χ4n) is 3.27. The highest BCUT2D eigenvalue weighted by Gasteiger charge is 2.31. The summed E-state index contributed by atoms with van der Waals surface area (Å²) in [4.78, 5) is 18.5. The molecule has 0 spiro atoms. The number of amides is 1. The zero-order chi connectivity index (χ0) is 13.8. The SMILES string of the molecule is O=C(C1CCCC1)N1CCCC(Oc2ccncc2)C1. The zero-order valence-electron chi connectivity index (χ0n) is 11.8. The van der Waals surface area contributed by atoms with E-state index in [0.717, 1.165) is 44.5 Å². The Morgan fingerprint density at radius 2 is 1.90 bits per heavy atom. The number of ether oxygens (including phenoxy) is 1. The largest absolute Gasteiger partial charge is 0.488 e. The Labute approximate surface area is 120 Å². The van der Waals surface area contributed by atoms with E-state index in [0.29, 0.717) is 5.91 Å². The number of piperidine rings is 1. The molecule has 0 N–H and O–H groups in total. The lowest BCUT2D eigenvalue weighted by atomic mass is 10.0. The Kier molecular flexibility index (Phi) is 4.19. The predicted octanol–water partition coefficient (Wildman–Crippen LogP) is 2.64. The smallest absolute Gasteiger partial charge is 0.225 e. The Bertz CT molecular complexity index is 443. The number of carbonyl (C=O) groups excluding carboxylic acids is 1. The quantitative estimate of drug-likeness (QED) is 0.851. The molecule has 1 amide bonds. The van der Waals surface area contributed by atoms with Gasteiger partial charge < -0.3 is 9.64 Å². The maximum Gasteiger partial charge on any atom is 0.225 e. The highest BCUT2D eigenvalue weighted by Crippen LogP contribution is 2.28. The van der Waals surface area contributed by atoms with Crippen molar-refractivity contribution in [3.8, 4) is 5.75 Å². The molecule has 3 rings (SSSR count). The molecule has 4 heteroatoms. The van der Waals surface area contributed by atoms with E-state index in [-0.39, 0.29) is 12.0 Å². The monoisotopic (exact) mass is 274 g/mol. The van der Waals surface area contributed by atoms with Crippen molar-refractivity contribution in [2.45, 2.75) is 44.6 Å². The highest BCUT2D eigenvalue weighted by molar-refractivity contribution is 5.79. The van der Waals surface area contributed by atoms with Crippen LogP contribution in [0.5, 0.6) is 5.75 Å². The Morgan fingerprint density at radius 1 is 1.15 bits per heavy atom. The molecular formula is C16H22N2O2. The first-order chi connectivity index (χ1) is 9.83. The highest BCUT2D eigenvalue weighted by atomic mass is 16.5. The second-order valence-corrected chi connectivity index (χ2v) is 5.83. The van der Waals surface area contributed by atoms with Gasteiger partial charge in [-0.05, 0) is 37.8 Å². The van der Waals surface area contributed by atoms with Gasteiger partial charge in [0.2, 0.25) is 5.91 Å². The van der Waals surface area contributed by atoms with Gasteiger partial charge in [0, 0.05) is 24.9 Å². The van der Waals surface area contributed by atoms with E-state index in [1.807, 2.05) is 17.0 Å². The van der Waals surface area contributed by atoms with E-state index >= 15 is 0 Å². The molecule has 1 aromatic heterocycles. The molecule has 0 radical (unpaired) electrons. The lowest BCUT2D eigenvalue weighted by molar-refractivity contribution is -0.138. The van der Waals surface area contributed by atoms with Gasteiger partial charge in [-0.15, -0.1) is 0 Å². The number of likely N-dealkylation sites (tertiary alicyclic amines) is 1. The summed E-state index contributed by atoms with van der Waals surface area (Å²) < 4.78 is 5.96. The first-order valence-corrected chi connectivity index (χ1v) is 7.68. The summed E-state index contributed by atoms with van der Waals surface area (Å²) >= 11 is 0. The van der Waals surface area contributed by atoms with Crippen molar-refractivity contribution >= 4 is 5.91 Å². The number of aromatic nitrogens is 1. The predicted molar refractivity (Wildman–Crippen MR) is 76.4 cm³/mol. The average molecular weight is 274 g/mol. The van der Waals surface area contributed by atoms with Crippen LogP contribution >= 0.6 is 0 Å². The molecule has 1 aromatic rings. The van der Waals surface area contributed by atoms with Gasteiger partial charge in [-0.2, -0.15) is 0 Å². The van der Waals surface area contributed by atoms with Crippen molar-refractivity contribution in [2.24, 2.45) is 5.92 Å². The molecule has 20 heavy (non-hydrogen) atoms. The van der Waals surface area contributed by atoms with Crippen molar-refractivity contribution in [1.82, 2.24) is 9.88 Å². The lowest BCUT2D eigenvalue weighted by Gasteiger charge is -2.34. The molecule has 1 aliphatic heterocycles. The summed E-state index contributed by atoms with van der Waals surface area (Å²) in [5.41, 5.74) is 0. The van der Waals surface area contributed by atoms with Crippen molar-refractivity contribution in [3.63, 3.8) is 0 Å². The molecule has 1 unspecified atom stereocenters. The third-order valence-corrected chi connectivity index (χ3v) is 4.35. The van der Waals surface area contributed by atoms with E-state index in [4.69, 9.17) is 4.74 Å². The van der Waals surface area contributed by atoms with Gasteiger partial charge in [0.1, 0.15) is 11.9 Å². The minimum absolute atomic E-state index is 0.122. The normalized spacial score (nSPS) is 23.8. The topological polar surface area (TPSA) is 42.4 Å². The fourth-order valence-corrected chi connectivity index (χ4v) is 3.27. The lowest BCUT2D eigenvalue weighted by Crippen LogP contribution is -2.46. The molecule has 2 fully saturated rings. The number of pyridine rings is 1. The molecule has 1 aliphatic carbocycles. The number of nitrogens with zero attached hydrogens (tertiary/aromatic N) is 2. The van der Waals surface area contributed by atoms with E-state index in [1.54, 1.807) is 12.4 Å². The van der Waals surface area contributed by atoms with Crippen LogP contribution in [0.25, 0.3) is 0 Å². The van der Waals surface area contributed by atoms with Crippen LogP contribution in [0.1, 0.15) is 38.5 Å². The van der Waals surface area contributed by atoms with Gasteiger partial charge in [-0.25, -0.2) is 0 Å². The van der Waals surface area contributed by atoms with E-state index in [1.165, 1.54) is 12.8 Å². The van der Waals surface area contributed by atoms with Gasteiger partial charge in [-0.1, -0.05) is 12.8 Å². The third-order valence-electron chi connectivity index (χ3n) is 4.35. The number of rotatable bonds is 3. The number of carbonyl (C=O) groups is 1. The van der Waals surface area contributed by atoms with E-state index in [9.17, 15) is 4.79 Å². The van der Waals surface area contributed by atoms with Crippen molar-refractivity contribution in [2.75, 3.05) is 13.1 Å². The summed E-state index contributed by atoms with van der Waals surface area (Å²) in [6.07, 6.45) is 10.2. The first kappa shape index (κ1) is 13.4. The Balaban J connectivity index is 1.57. The molecule has 0 aromatic carbocycles. The molecule has 1 saturated carbocycles. The van der Waals surface area contributed by atoms with Crippen molar-refractivity contribution in [3.05, 3.63) is 24.5 Å². The van der Waals surface area contributed by atoms with E-state index < -0.39 is 0 Å². The molecule has 108 valence electrons. The van der Waals surface area contributed by atoms with E-state index in [2.05, 4.69) is 4.98 Å². The Morgan fingerprint density at radius 3 is 2.65 bits per heavy atom. The van der Waals surface area contributed by atoms with Gasteiger partial charge in [0.05, 0.1) is 6.54 Å². The minimum Gasteiger partial charge on any atom is -0.488 e. The standard InChI is InChI=1S/C16H22N2O2/c19-16(13-4-1-2-5-13)18-11-3-6-15(12-18)20-14-7-9-17-10-8-14/h7-10,13,15H,1-6,11-12H2. The molecule has 2 aliphatic rings. The molecule has 1 atom stereocenters. The maximum atomic E-state index is 12.5. The maximum absolute atomic E-state index is 12.5. The van der Waals surface area contributed by atoms with Crippen LogP contribution < -0.4 is 4.74 Å². The van der Waals surface area contributed by atoms with Crippen LogP contribution in [-0.4, -0.2) is 35.0 Å². The molecule has 1 saturated heterocycles. The molecular weight excluding hydrogens is 252 g/mol. The summed E-state index contributed by atoms with van der Waals surface area (Å²) in [6.45, 7) is 1.63. The van der Waals surface area contributed by atoms with Gasteiger partial charge >= 0.3 is 0 Å². The van der Waals surface area contributed by atoms with Gasteiger partial charge in [0.15, 0.2) is 0 Å². The number of hydrogen-bond donors (Lipinski definition) is 0. The first-order valence-electron chi connectivity index (χ1n) is 7.68. The summed E-state index contributed by atoms with van der Waals surface area (Å²) in [5, 5.41) is 0. The van der Waals surface area contributed by atoms with Crippen LogP contribution in [0, 0.1) is 5.92 Å². The molecule has 4 nitrogen and oxygen atoms in total. The van der Waals surface area contributed by atoms with Crippen LogP contribution in [0.2, 0.25) is 0 Å². The zero-order valence-corrected chi connectivity index (χ0v) is 11.8. The van der Waals surface area contributed by atoms with Crippen LogP contribution in [-0.2, 0) is 4.79 Å². The third kappa shape index (κ3) is 3.11. The van der Waals surface area contributed by atoms with Crippen LogP contribution in [0.4, 0.5) is 0 Å². The van der Waals surface area contributed by atoms with Crippen molar-refractivity contribution < 1.29 is 9.53 Å². The second-order valence-electron chi connectivity index (χ2n) is 5.83. The summed E-state index contributed by atoms with van der Waals surface area (Å²) in [5.74, 6) is 1.47. The van der Waals surface area contributed by atoms with Crippen LogP contribution in [0.3, 0.4) is 0 Å². The summed E-state index contributed by atoms with van der Waals surface area (Å²) in [6, 6.07) is 3.75. The minimum atomic E-state index is 0.122. The Hall–Kier alpha value is -1.58. The molecule has 0 bridgehead atoms. The van der Waals surface area contributed by atoms with Crippen molar-refractivity contribution in [1.29, 1.82) is 0 Å². The van der Waals surface area contributed by atoms with Gasteiger partial charge in [0.25, 0.3) is 0 Å². The second kappa shape index (κ2) is 6.25. The summed E-state index contributed by atoms with van der Waals surface area (Å²) in [7, 11) is 0. The number of hydrogen-bond acceptors (Lipinski definition) is 3. The average Bonchev–Trinajstić information content (AvgIpc) is 3.02. The van der Waals surface area contributed by atoms with Crippen LogP contribution in [0.15, 0.2) is 24.5 Å². The fraction of sp³-hybridized carbons (Fsp3) is 0.625.